The van der Waals surface area contributed by atoms with Crippen molar-refractivity contribution in [3.05, 3.63) is 41.0 Å². The van der Waals surface area contributed by atoms with Crippen molar-refractivity contribution in [2.24, 2.45) is 0 Å². The Morgan fingerprint density at radius 1 is 1.23 bits per heavy atom. The highest BCUT2D eigenvalue weighted by molar-refractivity contribution is 6.32. The van der Waals surface area contributed by atoms with E-state index in [0.29, 0.717) is 33.1 Å². The monoisotopic (exact) mass is 373 g/mol. The molecule has 0 aliphatic rings. The van der Waals surface area contributed by atoms with Crippen molar-refractivity contribution in [1.82, 2.24) is 15.2 Å². The summed E-state index contributed by atoms with van der Waals surface area (Å²) in [5.41, 5.74) is 1.67. The Bertz CT molecular complexity index is 1160. The van der Waals surface area contributed by atoms with Gasteiger partial charge in [0, 0.05) is 21.9 Å². The quantitative estimate of drug-likeness (QED) is 0.497. The minimum absolute atomic E-state index is 0.0516. The Hall–Kier alpha value is -3.06. The van der Waals surface area contributed by atoms with Crippen LogP contribution in [0, 0.1) is 0 Å². The van der Waals surface area contributed by atoms with Crippen LogP contribution < -0.4 is 4.74 Å². The largest absolute Gasteiger partial charge is 0.506 e. The summed E-state index contributed by atoms with van der Waals surface area (Å²) < 4.78 is 18.6. The minimum atomic E-state index is -0.797. The lowest BCUT2D eigenvalue weighted by molar-refractivity contribution is 0.362. The number of pyridine rings is 1. The number of hydrogen-bond acceptors (Lipinski definition) is 5. The Labute approximate surface area is 151 Å². The average Bonchev–Trinajstić information content (AvgIpc) is 3.11. The number of rotatable bonds is 3. The predicted molar refractivity (Wildman–Crippen MR) is 96.5 cm³/mol. The van der Waals surface area contributed by atoms with Crippen LogP contribution in [0.2, 0.25) is 5.02 Å². The molecule has 0 saturated heterocycles. The molecule has 4 aromatic rings. The molecule has 0 radical (unpaired) electrons. The molecule has 0 aliphatic carbocycles. The summed E-state index contributed by atoms with van der Waals surface area (Å²) in [6, 6.07) is 6.21. The standard InChI is InChI=1S/C18H13ClFN3O3/c1-26-17-9(6-20)4-10-11-7-21-23-18(11)22-15(14(10)16(17)25)8-2-3-13(24)12(19)5-8/h2-5,7,24-25H,6H2,1H3,(H,21,22,23). The van der Waals surface area contributed by atoms with Gasteiger partial charge < -0.3 is 14.9 Å². The number of fused-ring (bicyclic) bond motifs is 3. The minimum Gasteiger partial charge on any atom is -0.506 e. The number of methoxy groups -OCH3 is 1. The van der Waals surface area contributed by atoms with Gasteiger partial charge in [0.05, 0.1) is 29.4 Å². The van der Waals surface area contributed by atoms with Crippen molar-refractivity contribution in [3.8, 4) is 28.5 Å². The highest BCUT2D eigenvalue weighted by Crippen LogP contribution is 2.45. The van der Waals surface area contributed by atoms with Gasteiger partial charge >= 0.3 is 0 Å². The Morgan fingerprint density at radius 3 is 2.73 bits per heavy atom. The topological polar surface area (TPSA) is 91.3 Å². The van der Waals surface area contributed by atoms with Gasteiger partial charge in [0.25, 0.3) is 0 Å². The molecule has 2 aromatic heterocycles. The van der Waals surface area contributed by atoms with Gasteiger partial charge in [-0.15, -0.1) is 0 Å². The van der Waals surface area contributed by atoms with Crippen molar-refractivity contribution in [1.29, 1.82) is 0 Å². The molecule has 132 valence electrons. The number of alkyl halides is 1. The van der Waals surface area contributed by atoms with Crippen molar-refractivity contribution < 1.29 is 19.3 Å². The summed E-state index contributed by atoms with van der Waals surface area (Å²) in [6.45, 7) is -0.797. The van der Waals surface area contributed by atoms with E-state index < -0.39 is 6.67 Å². The molecular formula is C18H13ClFN3O3. The number of aromatic nitrogens is 3. The molecule has 0 spiro atoms. The van der Waals surface area contributed by atoms with Gasteiger partial charge in [-0.1, -0.05) is 11.6 Å². The SMILES string of the molecule is COc1c(CF)cc2c(c(-c3ccc(O)c(Cl)c3)nc3[nH]ncc32)c1O. The third-order valence-electron chi connectivity index (χ3n) is 4.27. The van der Waals surface area contributed by atoms with E-state index in [0.717, 1.165) is 0 Å². The van der Waals surface area contributed by atoms with Crippen LogP contribution in [0.4, 0.5) is 4.39 Å². The Morgan fingerprint density at radius 2 is 2.04 bits per heavy atom. The second-order valence-electron chi connectivity index (χ2n) is 5.73. The summed E-state index contributed by atoms with van der Waals surface area (Å²) in [4.78, 5) is 4.53. The second kappa shape index (κ2) is 6.03. The van der Waals surface area contributed by atoms with Gasteiger partial charge in [-0.3, -0.25) is 5.10 Å². The van der Waals surface area contributed by atoms with Crippen LogP contribution in [-0.2, 0) is 6.67 Å². The Balaban J connectivity index is 2.19. The first-order valence-corrected chi connectivity index (χ1v) is 8.03. The van der Waals surface area contributed by atoms with E-state index in [-0.39, 0.29) is 27.8 Å². The number of aromatic amines is 1. The number of nitrogens with zero attached hydrogens (tertiary/aromatic N) is 2. The van der Waals surface area contributed by atoms with Gasteiger partial charge in [0.2, 0.25) is 0 Å². The van der Waals surface area contributed by atoms with Crippen LogP contribution in [0.3, 0.4) is 0 Å². The third kappa shape index (κ3) is 2.32. The molecule has 0 unspecified atom stereocenters. The van der Waals surface area contributed by atoms with E-state index in [2.05, 4.69) is 15.2 Å². The molecule has 6 nitrogen and oxygen atoms in total. The number of benzene rings is 2. The van der Waals surface area contributed by atoms with Crippen LogP contribution in [-0.4, -0.2) is 32.5 Å². The number of hydrogen-bond donors (Lipinski definition) is 3. The number of aromatic hydroxyl groups is 2. The molecule has 2 heterocycles. The van der Waals surface area contributed by atoms with Crippen LogP contribution in [0.5, 0.6) is 17.2 Å². The molecule has 0 saturated carbocycles. The van der Waals surface area contributed by atoms with Gasteiger partial charge in [-0.2, -0.15) is 5.10 Å². The maximum absolute atomic E-state index is 13.5. The molecule has 2 aromatic carbocycles. The van der Waals surface area contributed by atoms with Gasteiger partial charge in [0.1, 0.15) is 12.4 Å². The number of ether oxygens (including phenoxy) is 1. The lowest BCUT2D eigenvalue weighted by Gasteiger charge is -2.15. The molecule has 3 N–H and O–H groups in total. The fraction of sp³-hybridized carbons (Fsp3) is 0.111. The van der Waals surface area contributed by atoms with Gasteiger partial charge in [-0.25, -0.2) is 9.37 Å². The van der Waals surface area contributed by atoms with E-state index in [1.165, 1.54) is 19.2 Å². The maximum atomic E-state index is 13.5. The summed E-state index contributed by atoms with van der Waals surface area (Å²) in [5.74, 6) is -0.230. The first kappa shape index (κ1) is 16.4. The number of H-pyrrole nitrogens is 1. The lowest BCUT2D eigenvalue weighted by Crippen LogP contribution is -1.95. The van der Waals surface area contributed by atoms with Crippen molar-refractivity contribution in [2.75, 3.05) is 7.11 Å². The summed E-state index contributed by atoms with van der Waals surface area (Å²) in [5, 5.41) is 29.0. The van der Waals surface area contributed by atoms with E-state index in [1.807, 2.05) is 0 Å². The number of halogens is 2. The molecule has 8 heteroatoms. The molecule has 0 aliphatic heterocycles. The molecular weight excluding hydrogens is 361 g/mol. The van der Waals surface area contributed by atoms with E-state index >= 15 is 0 Å². The number of phenolic OH excluding ortho intramolecular Hbond substituents is 2. The zero-order valence-corrected chi connectivity index (χ0v) is 14.3. The fourth-order valence-electron chi connectivity index (χ4n) is 3.08. The summed E-state index contributed by atoms with van der Waals surface area (Å²) in [6.07, 6.45) is 1.56. The summed E-state index contributed by atoms with van der Waals surface area (Å²) in [7, 11) is 1.36. The van der Waals surface area contributed by atoms with E-state index in [9.17, 15) is 14.6 Å². The van der Waals surface area contributed by atoms with Gasteiger partial charge in [0.15, 0.2) is 17.1 Å². The highest BCUT2D eigenvalue weighted by atomic mass is 35.5. The van der Waals surface area contributed by atoms with Crippen LogP contribution >= 0.6 is 11.6 Å². The maximum Gasteiger partial charge on any atom is 0.168 e. The van der Waals surface area contributed by atoms with Crippen LogP contribution in [0.25, 0.3) is 33.1 Å². The smallest absolute Gasteiger partial charge is 0.168 e. The van der Waals surface area contributed by atoms with Crippen molar-refractivity contribution in [2.45, 2.75) is 6.67 Å². The van der Waals surface area contributed by atoms with Crippen molar-refractivity contribution >= 4 is 33.4 Å². The highest BCUT2D eigenvalue weighted by Gasteiger charge is 2.21. The van der Waals surface area contributed by atoms with Crippen LogP contribution in [0.1, 0.15) is 5.56 Å². The normalized spacial score (nSPS) is 11.3. The van der Waals surface area contributed by atoms with Crippen molar-refractivity contribution in [3.63, 3.8) is 0 Å². The van der Waals surface area contributed by atoms with E-state index in [4.69, 9.17) is 16.3 Å². The zero-order valence-electron chi connectivity index (χ0n) is 13.5. The molecule has 26 heavy (non-hydrogen) atoms. The third-order valence-corrected chi connectivity index (χ3v) is 4.57. The predicted octanol–water partition coefficient (Wildman–Crippen LogP) is 4.32. The van der Waals surface area contributed by atoms with Gasteiger partial charge in [-0.05, 0) is 24.3 Å². The zero-order chi connectivity index (χ0) is 18.4. The molecule has 0 fully saturated rings. The lowest BCUT2D eigenvalue weighted by atomic mass is 9.98. The second-order valence-corrected chi connectivity index (χ2v) is 6.14. The van der Waals surface area contributed by atoms with Crippen LogP contribution in [0.15, 0.2) is 30.5 Å². The fourth-order valence-corrected chi connectivity index (χ4v) is 3.26. The molecule has 0 atom stereocenters. The first-order chi connectivity index (χ1) is 12.5. The average molecular weight is 374 g/mol. The summed E-state index contributed by atoms with van der Waals surface area (Å²) >= 11 is 6.02. The van der Waals surface area contributed by atoms with E-state index in [1.54, 1.807) is 18.3 Å². The molecule has 4 rings (SSSR count). The molecule has 0 amide bonds. The first-order valence-electron chi connectivity index (χ1n) is 7.65. The Kier molecular flexibility index (Phi) is 3.81. The number of nitrogens with one attached hydrogen (secondary N) is 1. The molecule has 0 bridgehead atoms. The number of phenols is 2.